The molecule has 63 heavy (non-hydrogen) atoms. The van der Waals surface area contributed by atoms with Gasteiger partial charge in [-0.3, -0.25) is 19.5 Å². The second kappa shape index (κ2) is 22.3. The number of unbranched alkanes of at least 4 members (excludes halogenated alkanes) is 3. The van der Waals surface area contributed by atoms with E-state index in [-0.39, 0.29) is 29.8 Å². The Labute approximate surface area is 380 Å². The van der Waals surface area contributed by atoms with E-state index in [4.69, 9.17) is 23.7 Å². The molecular weight excluding hydrogens is 837 g/mol. The van der Waals surface area contributed by atoms with Gasteiger partial charge in [-0.15, -0.1) is 0 Å². The second-order valence-corrected chi connectivity index (χ2v) is 19.4. The minimum absolute atomic E-state index is 0.0526. The van der Waals surface area contributed by atoms with Gasteiger partial charge >= 0.3 is 6.09 Å². The quantitative estimate of drug-likeness (QED) is 0.0306. The number of ether oxygens (including phenoxy) is 5. The van der Waals surface area contributed by atoms with Crippen molar-refractivity contribution in [3.05, 3.63) is 95.1 Å². The molecule has 0 saturated carbocycles. The molecule has 14 heteroatoms. The molecule has 0 bridgehead atoms. The number of fused-ring (bicyclic) bond motifs is 2. The number of carbonyl (C=O) groups is 3. The third-order valence-electron chi connectivity index (χ3n) is 11.2. The van der Waals surface area contributed by atoms with Crippen LogP contribution in [0, 0.1) is 0 Å². The zero-order chi connectivity index (χ0) is 44.9. The van der Waals surface area contributed by atoms with Crippen LogP contribution < -0.4 is 33.6 Å². The Bertz CT molecular complexity index is 2240. The van der Waals surface area contributed by atoms with Gasteiger partial charge in [0.15, 0.2) is 29.3 Å². The van der Waals surface area contributed by atoms with E-state index in [0.29, 0.717) is 78.1 Å². The number of rotatable bonds is 23. The summed E-state index contributed by atoms with van der Waals surface area (Å²) in [4.78, 5) is 50.2. The molecule has 1 unspecified atom stereocenters. The van der Waals surface area contributed by atoms with E-state index < -0.39 is 6.09 Å². The largest absolute Gasteiger partial charge is 0.493 e. The van der Waals surface area contributed by atoms with Gasteiger partial charge in [0.2, 0.25) is 0 Å². The first-order chi connectivity index (χ1) is 30.5. The van der Waals surface area contributed by atoms with E-state index in [9.17, 15) is 14.4 Å². The summed E-state index contributed by atoms with van der Waals surface area (Å²) in [7, 11) is 8.61. The summed E-state index contributed by atoms with van der Waals surface area (Å²) in [6.45, 7) is 11.9. The van der Waals surface area contributed by atoms with Gasteiger partial charge < -0.3 is 33.5 Å². The van der Waals surface area contributed by atoms with Crippen LogP contribution in [-0.2, 0) is 17.6 Å². The number of para-hydroxylation sites is 2. The van der Waals surface area contributed by atoms with Gasteiger partial charge in [0.05, 0.1) is 55.2 Å². The summed E-state index contributed by atoms with van der Waals surface area (Å²) in [5.74, 6) is 2.59. The van der Waals surface area contributed by atoms with Crippen LogP contribution in [0.4, 0.5) is 27.5 Å². The molecule has 0 aromatic heterocycles. The van der Waals surface area contributed by atoms with Crippen molar-refractivity contribution in [3.63, 3.8) is 0 Å². The molecule has 0 spiro atoms. The van der Waals surface area contributed by atoms with Gasteiger partial charge in [-0.1, -0.05) is 71.3 Å². The molecule has 0 fully saturated rings. The molecule has 2 aliphatic heterocycles. The number of likely N-dealkylation sites (N-methyl/N-ethyl adjacent to an activating group) is 1. The lowest BCUT2D eigenvalue weighted by atomic mass is 10.1. The van der Waals surface area contributed by atoms with E-state index in [1.807, 2.05) is 43.4 Å². The Morgan fingerprint density at radius 3 is 2.22 bits per heavy atom. The van der Waals surface area contributed by atoms with E-state index in [1.54, 1.807) is 62.8 Å². The molecular formula is C49H60N4O8S2. The third kappa shape index (κ3) is 11.6. The first kappa shape index (κ1) is 47.1. The van der Waals surface area contributed by atoms with Crippen LogP contribution in [-0.4, -0.2) is 95.7 Å². The average molecular weight is 897 g/mol. The van der Waals surface area contributed by atoms with Crippen LogP contribution in [0.5, 0.6) is 23.0 Å². The number of nitrogens with zero attached hydrogens (tertiary/aromatic N) is 4. The topological polar surface area (TPSA) is 119 Å². The fourth-order valence-electron chi connectivity index (χ4n) is 7.75. The first-order valence-corrected chi connectivity index (χ1v) is 23.9. The Balaban J connectivity index is 1.09. The van der Waals surface area contributed by atoms with Crippen LogP contribution in [0.3, 0.4) is 0 Å². The van der Waals surface area contributed by atoms with Crippen LogP contribution in [0.25, 0.3) is 0 Å². The number of amides is 2. The SMILES string of the molecule is C=Nc1cc(OCCCCCOc2cc(N(CC3Cc4ccccc4N3C)C(=O)OCC(C)(C)SSCCCC)c(C=O)cc2OC)c(OC)cc1C(=O)N1CCc2ccccc21. The highest BCUT2D eigenvalue weighted by Gasteiger charge is 2.34. The summed E-state index contributed by atoms with van der Waals surface area (Å²) in [5, 5.41) is 0. The highest BCUT2D eigenvalue weighted by atomic mass is 33.1. The molecule has 0 N–H and O–H groups in total. The van der Waals surface area contributed by atoms with Gasteiger partial charge in [-0.25, -0.2) is 4.79 Å². The summed E-state index contributed by atoms with van der Waals surface area (Å²) in [5.41, 5.74) is 5.86. The molecule has 4 aromatic carbocycles. The molecule has 2 aliphatic rings. The van der Waals surface area contributed by atoms with Crippen LogP contribution >= 0.6 is 21.6 Å². The Kier molecular flexibility index (Phi) is 16.7. The molecule has 0 saturated heterocycles. The lowest BCUT2D eigenvalue weighted by Crippen LogP contribution is -2.45. The lowest BCUT2D eigenvalue weighted by Gasteiger charge is -2.32. The summed E-state index contributed by atoms with van der Waals surface area (Å²) in [6, 6.07) is 22.8. The second-order valence-electron chi connectivity index (χ2n) is 16.2. The van der Waals surface area contributed by atoms with E-state index >= 15 is 0 Å². The molecule has 12 nitrogen and oxygen atoms in total. The van der Waals surface area contributed by atoms with Crippen LogP contribution in [0.2, 0.25) is 0 Å². The predicted octanol–water partition coefficient (Wildman–Crippen LogP) is 10.6. The average Bonchev–Trinajstić information content (AvgIpc) is 3.88. The molecule has 336 valence electrons. The maximum absolute atomic E-state index is 14.2. The predicted molar refractivity (Wildman–Crippen MR) is 257 cm³/mol. The molecule has 1 atom stereocenters. The minimum atomic E-state index is -0.531. The standard InChI is InChI=1S/C49H60N4O8S2/c1-8-9-25-62-63-49(2,3)33-61-48(56)53(31-37-26-35-18-12-13-19-40(35)51(37)5)42-30-46(43(57-6)27-36(42)32-54)60-24-16-10-15-23-59-45-29-39(50-4)38(28-44(45)58-7)47(55)52-22-21-34-17-11-14-20-41(34)52/h11-14,17-20,27-30,32,37H,4,8-10,15-16,21-26,31,33H2,1-3,5-7H3. The van der Waals surface area contributed by atoms with E-state index in [1.165, 1.54) is 12.7 Å². The molecule has 0 aliphatic carbocycles. The van der Waals surface area contributed by atoms with Crippen molar-refractivity contribution in [2.75, 3.05) is 74.6 Å². The molecule has 2 amide bonds. The number of hydrogen-bond acceptors (Lipinski definition) is 12. The maximum atomic E-state index is 14.2. The van der Waals surface area contributed by atoms with Crippen molar-refractivity contribution in [1.82, 2.24) is 0 Å². The lowest BCUT2D eigenvalue weighted by molar-refractivity contribution is 0.0989. The van der Waals surface area contributed by atoms with Crippen molar-refractivity contribution in [3.8, 4) is 23.0 Å². The summed E-state index contributed by atoms with van der Waals surface area (Å²) >= 11 is 0. The van der Waals surface area contributed by atoms with Gasteiger partial charge in [0, 0.05) is 55.0 Å². The maximum Gasteiger partial charge on any atom is 0.414 e. The normalized spacial score (nSPS) is 14.2. The molecule has 4 aromatic rings. The van der Waals surface area contributed by atoms with E-state index in [2.05, 4.69) is 49.5 Å². The molecule has 2 heterocycles. The fraction of sp³-hybridized carbons (Fsp3) is 0.429. The number of anilines is 3. The number of hydrogen-bond donors (Lipinski definition) is 0. The number of aliphatic imine (C=N–C) groups is 1. The van der Waals surface area contributed by atoms with E-state index in [0.717, 1.165) is 61.1 Å². The third-order valence-corrected chi connectivity index (χ3v) is 14.6. The highest BCUT2D eigenvalue weighted by Crippen LogP contribution is 2.41. The number of benzene rings is 4. The van der Waals surface area contributed by atoms with Crippen LogP contribution in [0.1, 0.15) is 84.7 Å². The van der Waals surface area contributed by atoms with Crippen molar-refractivity contribution >= 4 is 69.3 Å². The molecule has 6 rings (SSSR count). The zero-order valence-corrected chi connectivity index (χ0v) is 39.0. The number of methoxy groups -OCH3 is 2. The Morgan fingerprint density at radius 2 is 1.56 bits per heavy atom. The monoisotopic (exact) mass is 896 g/mol. The minimum Gasteiger partial charge on any atom is -0.493 e. The fourth-order valence-corrected chi connectivity index (χ4v) is 10.4. The van der Waals surface area contributed by atoms with Crippen LogP contribution in [0.15, 0.2) is 77.8 Å². The van der Waals surface area contributed by atoms with Crippen molar-refractivity contribution in [2.45, 2.75) is 76.5 Å². The zero-order valence-electron chi connectivity index (χ0n) is 37.4. The van der Waals surface area contributed by atoms with Gasteiger partial charge in [-0.2, -0.15) is 0 Å². The Hall–Kier alpha value is -5.34. The van der Waals surface area contributed by atoms with Gasteiger partial charge in [0.25, 0.3) is 5.91 Å². The van der Waals surface area contributed by atoms with Gasteiger partial charge in [0.1, 0.15) is 6.61 Å². The van der Waals surface area contributed by atoms with Gasteiger partial charge in [-0.05, 0) is 94.5 Å². The summed E-state index contributed by atoms with van der Waals surface area (Å²) < 4.78 is 29.5. The number of aldehydes is 1. The highest BCUT2D eigenvalue weighted by molar-refractivity contribution is 8.77. The number of carbonyl (C=O) groups excluding carboxylic acids is 3. The smallest absolute Gasteiger partial charge is 0.414 e. The first-order valence-electron chi connectivity index (χ1n) is 21.6. The van der Waals surface area contributed by atoms with Crippen molar-refractivity contribution < 1.29 is 38.1 Å². The summed E-state index contributed by atoms with van der Waals surface area (Å²) in [6.07, 6.45) is 6.18. The Morgan fingerprint density at radius 1 is 0.889 bits per heavy atom. The van der Waals surface area contributed by atoms with Crippen molar-refractivity contribution in [2.24, 2.45) is 4.99 Å². The molecule has 0 radical (unpaired) electrons. The van der Waals surface area contributed by atoms with Crippen molar-refractivity contribution in [1.29, 1.82) is 0 Å².